The summed E-state index contributed by atoms with van der Waals surface area (Å²) in [7, 11) is 1.64. The third kappa shape index (κ3) is 5.52. The lowest BCUT2D eigenvalue weighted by Crippen LogP contribution is -2.19. The summed E-state index contributed by atoms with van der Waals surface area (Å²) in [4.78, 5) is 16.5. The monoisotopic (exact) mass is 431 g/mol. The molecule has 0 aliphatic carbocycles. The van der Waals surface area contributed by atoms with Crippen LogP contribution < -0.4 is 10.2 Å². The number of methoxy groups -OCH3 is 1. The smallest absolute Gasteiger partial charge is 0.257 e. The molecule has 0 spiro atoms. The topological polar surface area (TPSA) is 76.7 Å². The molecule has 0 aliphatic rings. The van der Waals surface area contributed by atoms with Crippen LogP contribution in [-0.2, 0) is 17.0 Å². The van der Waals surface area contributed by atoms with E-state index in [2.05, 4.69) is 15.5 Å². The highest BCUT2D eigenvalue weighted by Gasteiger charge is 2.10. The van der Waals surface area contributed by atoms with Crippen LogP contribution in [0, 0.1) is 0 Å². The van der Waals surface area contributed by atoms with E-state index in [1.54, 1.807) is 13.3 Å². The van der Waals surface area contributed by atoms with Crippen molar-refractivity contribution in [3.63, 3.8) is 0 Å². The maximum absolute atomic E-state index is 12.0. The van der Waals surface area contributed by atoms with Crippen LogP contribution in [0.1, 0.15) is 16.7 Å². The molecule has 4 rings (SSSR count). The first-order chi connectivity index (χ1) is 15.2. The number of fused-ring (bicyclic) bond motifs is 1. The Hall–Kier alpha value is -3.58. The van der Waals surface area contributed by atoms with Gasteiger partial charge >= 0.3 is 0 Å². The number of hydrogen-bond donors (Lipinski definition) is 1. The second kappa shape index (κ2) is 9.95. The average Bonchev–Trinajstić information content (AvgIpc) is 3.21. The van der Waals surface area contributed by atoms with E-state index in [1.807, 2.05) is 72.8 Å². The third-order valence-corrected chi connectivity index (χ3v) is 5.42. The molecule has 0 saturated heterocycles. The SMILES string of the molecule is COc1ccc(/C=N/NC(=O)Cc2ccccc2)cc1CSc1nc2ccccc2o1. The van der Waals surface area contributed by atoms with Gasteiger partial charge in [0.15, 0.2) is 5.58 Å². The summed E-state index contributed by atoms with van der Waals surface area (Å²) >= 11 is 1.50. The summed E-state index contributed by atoms with van der Waals surface area (Å²) in [6.45, 7) is 0. The Balaban J connectivity index is 1.39. The van der Waals surface area contributed by atoms with Crippen molar-refractivity contribution in [2.75, 3.05) is 7.11 Å². The number of benzene rings is 3. The molecule has 0 bridgehead atoms. The van der Waals surface area contributed by atoms with Gasteiger partial charge in [-0.25, -0.2) is 10.4 Å². The van der Waals surface area contributed by atoms with Crippen LogP contribution in [0.15, 0.2) is 87.5 Å². The number of carbonyl (C=O) groups is 1. The Kier molecular flexibility index (Phi) is 6.64. The van der Waals surface area contributed by atoms with Crippen molar-refractivity contribution in [1.82, 2.24) is 10.4 Å². The Morgan fingerprint density at radius 3 is 2.74 bits per heavy atom. The summed E-state index contributed by atoms with van der Waals surface area (Å²) in [6, 6.07) is 23.0. The molecule has 3 aromatic carbocycles. The molecule has 0 radical (unpaired) electrons. The summed E-state index contributed by atoms with van der Waals surface area (Å²) in [6.07, 6.45) is 1.91. The van der Waals surface area contributed by atoms with Crippen molar-refractivity contribution in [3.8, 4) is 5.75 Å². The van der Waals surface area contributed by atoms with Crippen LogP contribution in [0.5, 0.6) is 5.75 Å². The van der Waals surface area contributed by atoms with Gasteiger partial charge in [0.05, 0.1) is 19.7 Å². The molecule has 31 heavy (non-hydrogen) atoms. The van der Waals surface area contributed by atoms with Crippen LogP contribution in [0.3, 0.4) is 0 Å². The van der Waals surface area contributed by atoms with Gasteiger partial charge in [0.25, 0.3) is 5.22 Å². The average molecular weight is 432 g/mol. The van der Waals surface area contributed by atoms with Gasteiger partial charge in [-0.15, -0.1) is 0 Å². The number of ether oxygens (including phenoxy) is 1. The second-order valence-corrected chi connectivity index (χ2v) is 7.69. The molecular formula is C24H21N3O3S. The number of amides is 1. The minimum Gasteiger partial charge on any atom is -0.496 e. The number of nitrogens with one attached hydrogen (secondary N) is 1. The van der Waals surface area contributed by atoms with Crippen LogP contribution in [0.4, 0.5) is 0 Å². The van der Waals surface area contributed by atoms with Crippen molar-refractivity contribution in [2.45, 2.75) is 17.4 Å². The number of oxazole rings is 1. The molecule has 0 aliphatic heterocycles. The van der Waals surface area contributed by atoms with E-state index < -0.39 is 0 Å². The molecular weight excluding hydrogens is 410 g/mol. The summed E-state index contributed by atoms with van der Waals surface area (Å²) in [5.41, 5.74) is 6.95. The number of carbonyl (C=O) groups excluding carboxylic acids is 1. The zero-order valence-electron chi connectivity index (χ0n) is 16.9. The van der Waals surface area contributed by atoms with Crippen molar-refractivity contribution in [3.05, 3.63) is 89.5 Å². The lowest BCUT2D eigenvalue weighted by atomic mass is 10.1. The lowest BCUT2D eigenvalue weighted by molar-refractivity contribution is -0.120. The fourth-order valence-corrected chi connectivity index (χ4v) is 3.86. The Bertz CT molecular complexity index is 1170. The fraction of sp³-hybridized carbons (Fsp3) is 0.125. The lowest BCUT2D eigenvalue weighted by Gasteiger charge is -2.08. The van der Waals surface area contributed by atoms with E-state index in [4.69, 9.17) is 9.15 Å². The maximum atomic E-state index is 12.0. The van der Waals surface area contributed by atoms with E-state index in [-0.39, 0.29) is 12.3 Å². The molecule has 6 nitrogen and oxygen atoms in total. The normalized spacial score (nSPS) is 11.1. The maximum Gasteiger partial charge on any atom is 0.257 e. The molecule has 7 heteroatoms. The highest BCUT2D eigenvalue weighted by molar-refractivity contribution is 7.98. The first-order valence-corrected chi connectivity index (χ1v) is 10.7. The second-order valence-electron chi connectivity index (χ2n) is 6.76. The summed E-state index contributed by atoms with van der Waals surface area (Å²) in [5.74, 6) is 1.23. The minimum absolute atomic E-state index is 0.164. The standard InChI is InChI=1S/C24H21N3O3S/c1-29-21-12-11-18(15-25-27-23(28)14-17-7-3-2-4-8-17)13-19(21)16-31-24-26-20-9-5-6-10-22(20)30-24/h2-13,15H,14,16H2,1H3,(H,27,28)/b25-15+. The quantitative estimate of drug-likeness (QED) is 0.246. The third-order valence-electron chi connectivity index (χ3n) is 4.54. The summed E-state index contributed by atoms with van der Waals surface area (Å²) in [5, 5.41) is 4.69. The predicted octanol–water partition coefficient (Wildman–Crippen LogP) is 4.82. The molecule has 4 aromatic rings. The van der Waals surface area contributed by atoms with Gasteiger partial charge in [-0.1, -0.05) is 54.2 Å². The molecule has 0 saturated carbocycles. The first kappa shape index (κ1) is 20.7. The number of aromatic nitrogens is 1. The number of para-hydroxylation sites is 2. The molecule has 0 fully saturated rings. The number of rotatable bonds is 8. The van der Waals surface area contributed by atoms with Gasteiger partial charge in [0, 0.05) is 11.3 Å². The molecule has 0 unspecified atom stereocenters. The Morgan fingerprint density at radius 1 is 1.13 bits per heavy atom. The summed E-state index contributed by atoms with van der Waals surface area (Å²) < 4.78 is 11.2. The van der Waals surface area contributed by atoms with Crippen molar-refractivity contribution >= 4 is 35.0 Å². The van der Waals surface area contributed by atoms with Crippen molar-refractivity contribution < 1.29 is 13.9 Å². The van der Waals surface area contributed by atoms with Gasteiger partial charge in [0.1, 0.15) is 11.3 Å². The minimum atomic E-state index is -0.164. The zero-order chi connectivity index (χ0) is 21.5. The highest BCUT2D eigenvalue weighted by atomic mass is 32.2. The molecule has 1 amide bonds. The molecule has 156 valence electrons. The molecule has 1 N–H and O–H groups in total. The van der Waals surface area contributed by atoms with Crippen LogP contribution in [0.25, 0.3) is 11.1 Å². The first-order valence-electron chi connectivity index (χ1n) is 9.72. The highest BCUT2D eigenvalue weighted by Crippen LogP contribution is 2.30. The van der Waals surface area contributed by atoms with Crippen LogP contribution >= 0.6 is 11.8 Å². The van der Waals surface area contributed by atoms with Crippen molar-refractivity contribution in [1.29, 1.82) is 0 Å². The number of hydrazone groups is 1. The Morgan fingerprint density at radius 2 is 1.94 bits per heavy atom. The number of thioether (sulfide) groups is 1. The molecule has 1 heterocycles. The number of hydrogen-bond acceptors (Lipinski definition) is 6. The van der Waals surface area contributed by atoms with Gasteiger partial charge in [-0.3, -0.25) is 4.79 Å². The van der Waals surface area contributed by atoms with E-state index in [0.717, 1.165) is 33.5 Å². The fourth-order valence-electron chi connectivity index (χ4n) is 3.04. The van der Waals surface area contributed by atoms with E-state index in [9.17, 15) is 4.79 Å². The number of nitrogens with zero attached hydrogens (tertiary/aromatic N) is 2. The van der Waals surface area contributed by atoms with E-state index in [1.165, 1.54) is 11.8 Å². The molecule has 0 atom stereocenters. The van der Waals surface area contributed by atoms with Crippen molar-refractivity contribution in [2.24, 2.45) is 5.10 Å². The Labute approximate surface area is 184 Å². The predicted molar refractivity (Wildman–Crippen MR) is 122 cm³/mol. The molecule has 1 aromatic heterocycles. The van der Waals surface area contributed by atoms with Crippen LogP contribution in [-0.4, -0.2) is 24.2 Å². The van der Waals surface area contributed by atoms with E-state index >= 15 is 0 Å². The van der Waals surface area contributed by atoms with E-state index in [0.29, 0.717) is 11.0 Å². The van der Waals surface area contributed by atoms with Gasteiger partial charge in [-0.05, 0) is 41.5 Å². The van der Waals surface area contributed by atoms with Gasteiger partial charge in [-0.2, -0.15) is 5.10 Å². The zero-order valence-corrected chi connectivity index (χ0v) is 17.8. The van der Waals surface area contributed by atoms with Crippen LogP contribution in [0.2, 0.25) is 0 Å². The largest absolute Gasteiger partial charge is 0.496 e. The van der Waals surface area contributed by atoms with Gasteiger partial charge in [0.2, 0.25) is 5.91 Å². The van der Waals surface area contributed by atoms with Gasteiger partial charge < -0.3 is 9.15 Å².